The van der Waals surface area contributed by atoms with Gasteiger partial charge in [0.2, 0.25) is 0 Å². The summed E-state index contributed by atoms with van der Waals surface area (Å²) < 4.78 is 4.13. The van der Waals surface area contributed by atoms with E-state index >= 15 is 0 Å². The van der Waals surface area contributed by atoms with Crippen LogP contribution in [0, 0.1) is 0 Å². The van der Waals surface area contributed by atoms with Gasteiger partial charge in [0.1, 0.15) is 0 Å². The van der Waals surface area contributed by atoms with Gasteiger partial charge in [-0.25, -0.2) is 4.37 Å². The summed E-state index contributed by atoms with van der Waals surface area (Å²) in [5.41, 5.74) is 7.96. The maximum Gasteiger partial charge on any atom is 0.0576 e. The van der Waals surface area contributed by atoms with E-state index in [0.717, 1.165) is 16.1 Å². The van der Waals surface area contributed by atoms with Crippen LogP contribution < -0.4 is 5.73 Å². The summed E-state index contributed by atoms with van der Waals surface area (Å²) >= 11 is 1.48. The van der Waals surface area contributed by atoms with Crippen LogP contribution in [-0.4, -0.2) is 4.37 Å². The van der Waals surface area contributed by atoms with Crippen molar-refractivity contribution in [3.63, 3.8) is 0 Å². The SMILES string of the molecule is Nc1ccc2ccccc2c1-c1ccns1. The Bertz CT molecular complexity index is 629. The van der Waals surface area contributed by atoms with Crippen LogP contribution in [0.15, 0.2) is 48.7 Å². The van der Waals surface area contributed by atoms with Gasteiger partial charge in [0, 0.05) is 17.4 Å². The van der Waals surface area contributed by atoms with Crippen LogP contribution in [0.1, 0.15) is 0 Å². The third-order valence-electron chi connectivity index (χ3n) is 2.65. The predicted molar refractivity (Wildman–Crippen MR) is 69.5 cm³/mol. The van der Waals surface area contributed by atoms with Crippen LogP contribution in [0.2, 0.25) is 0 Å². The van der Waals surface area contributed by atoms with Gasteiger partial charge in [-0.05, 0) is 34.4 Å². The molecule has 0 aliphatic heterocycles. The third kappa shape index (κ3) is 1.37. The summed E-state index contributed by atoms with van der Waals surface area (Å²) in [4.78, 5) is 1.12. The van der Waals surface area contributed by atoms with Crippen molar-refractivity contribution in [2.24, 2.45) is 0 Å². The van der Waals surface area contributed by atoms with E-state index in [0.29, 0.717) is 0 Å². The molecule has 2 nitrogen and oxygen atoms in total. The van der Waals surface area contributed by atoms with Gasteiger partial charge in [-0.3, -0.25) is 0 Å². The lowest BCUT2D eigenvalue weighted by Gasteiger charge is -2.07. The highest BCUT2D eigenvalue weighted by Crippen LogP contribution is 2.35. The van der Waals surface area contributed by atoms with E-state index in [1.54, 1.807) is 6.20 Å². The first-order valence-electron chi connectivity index (χ1n) is 5.04. The highest BCUT2D eigenvalue weighted by molar-refractivity contribution is 7.09. The van der Waals surface area contributed by atoms with E-state index < -0.39 is 0 Å². The third-order valence-corrected chi connectivity index (χ3v) is 3.41. The monoisotopic (exact) mass is 226 g/mol. The summed E-state index contributed by atoms with van der Waals surface area (Å²) in [6.45, 7) is 0. The molecule has 3 rings (SSSR count). The van der Waals surface area contributed by atoms with Gasteiger partial charge in [-0.1, -0.05) is 30.3 Å². The van der Waals surface area contributed by atoms with E-state index in [2.05, 4.69) is 22.6 Å². The van der Waals surface area contributed by atoms with Crippen LogP contribution in [0.4, 0.5) is 5.69 Å². The highest BCUT2D eigenvalue weighted by Gasteiger charge is 2.08. The fourth-order valence-electron chi connectivity index (χ4n) is 1.91. The molecule has 78 valence electrons. The van der Waals surface area contributed by atoms with Crippen molar-refractivity contribution in [1.29, 1.82) is 0 Å². The minimum atomic E-state index is 0.808. The average Bonchev–Trinajstić information content (AvgIpc) is 2.82. The second-order valence-electron chi connectivity index (χ2n) is 3.63. The number of aromatic nitrogens is 1. The van der Waals surface area contributed by atoms with Gasteiger partial charge < -0.3 is 5.73 Å². The number of nitrogens with zero attached hydrogens (tertiary/aromatic N) is 1. The van der Waals surface area contributed by atoms with Gasteiger partial charge in [-0.15, -0.1) is 0 Å². The van der Waals surface area contributed by atoms with Crippen molar-refractivity contribution in [1.82, 2.24) is 4.37 Å². The fourth-order valence-corrected chi connectivity index (χ4v) is 2.58. The van der Waals surface area contributed by atoms with Crippen molar-refractivity contribution < 1.29 is 0 Å². The van der Waals surface area contributed by atoms with Crippen molar-refractivity contribution in [2.45, 2.75) is 0 Å². The zero-order chi connectivity index (χ0) is 11.0. The van der Waals surface area contributed by atoms with E-state index in [-0.39, 0.29) is 0 Å². The number of hydrogen-bond donors (Lipinski definition) is 1. The number of fused-ring (bicyclic) bond motifs is 1. The highest BCUT2D eigenvalue weighted by atomic mass is 32.1. The Morgan fingerprint density at radius 1 is 1.00 bits per heavy atom. The molecule has 0 saturated carbocycles. The number of nitrogens with two attached hydrogens (primary N) is 1. The van der Waals surface area contributed by atoms with Crippen LogP contribution in [0.5, 0.6) is 0 Å². The Morgan fingerprint density at radius 3 is 2.69 bits per heavy atom. The molecule has 3 heteroatoms. The van der Waals surface area contributed by atoms with Crippen molar-refractivity contribution in [3.8, 4) is 10.4 Å². The smallest absolute Gasteiger partial charge is 0.0576 e. The topological polar surface area (TPSA) is 38.9 Å². The molecule has 1 heterocycles. The first-order chi connectivity index (χ1) is 7.86. The molecule has 0 aliphatic carbocycles. The first-order valence-corrected chi connectivity index (χ1v) is 5.82. The molecule has 0 amide bonds. The summed E-state index contributed by atoms with van der Waals surface area (Å²) in [6.07, 6.45) is 1.81. The van der Waals surface area contributed by atoms with Crippen LogP contribution in [0.25, 0.3) is 21.2 Å². The van der Waals surface area contributed by atoms with E-state index in [9.17, 15) is 0 Å². The number of hydrogen-bond acceptors (Lipinski definition) is 3. The molecule has 0 fully saturated rings. The molecule has 2 N–H and O–H groups in total. The Balaban J connectivity index is 2.42. The quantitative estimate of drug-likeness (QED) is 0.644. The minimum Gasteiger partial charge on any atom is -0.398 e. The zero-order valence-corrected chi connectivity index (χ0v) is 9.37. The molecule has 16 heavy (non-hydrogen) atoms. The van der Waals surface area contributed by atoms with Crippen molar-refractivity contribution in [3.05, 3.63) is 48.7 Å². The largest absolute Gasteiger partial charge is 0.398 e. The van der Waals surface area contributed by atoms with E-state index in [1.807, 2.05) is 24.3 Å². The number of rotatable bonds is 1. The molecule has 0 radical (unpaired) electrons. The van der Waals surface area contributed by atoms with E-state index in [4.69, 9.17) is 5.73 Å². The molecular weight excluding hydrogens is 216 g/mol. The number of benzene rings is 2. The van der Waals surface area contributed by atoms with E-state index in [1.165, 1.54) is 22.3 Å². The second-order valence-corrected chi connectivity index (χ2v) is 4.46. The first kappa shape index (κ1) is 9.36. The van der Waals surface area contributed by atoms with Crippen LogP contribution in [0.3, 0.4) is 0 Å². The zero-order valence-electron chi connectivity index (χ0n) is 8.55. The summed E-state index contributed by atoms with van der Waals surface area (Å²) in [5.74, 6) is 0. The summed E-state index contributed by atoms with van der Waals surface area (Å²) in [6, 6.07) is 14.3. The Kier molecular flexibility index (Phi) is 2.11. The molecule has 0 saturated heterocycles. The molecule has 0 aliphatic rings. The van der Waals surface area contributed by atoms with Crippen LogP contribution in [-0.2, 0) is 0 Å². The van der Waals surface area contributed by atoms with Gasteiger partial charge in [-0.2, -0.15) is 0 Å². The van der Waals surface area contributed by atoms with Crippen molar-refractivity contribution >= 4 is 28.0 Å². The predicted octanol–water partition coefficient (Wildman–Crippen LogP) is 3.55. The molecule has 0 bridgehead atoms. The summed E-state index contributed by atoms with van der Waals surface area (Å²) in [7, 11) is 0. The summed E-state index contributed by atoms with van der Waals surface area (Å²) in [5, 5.41) is 2.40. The lowest BCUT2D eigenvalue weighted by atomic mass is 10.0. The standard InChI is InChI=1S/C13H10N2S/c14-11-6-5-9-3-1-2-4-10(9)13(11)12-7-8-15-16-12/h1-8H,14H2. The Morgan fingerprint density at radius 2 is 1.88 bits per heavy atom. The Hall–Kier alpha value is -1.87. The number of nitrogen functional groups attached to an aromatic ring is 1. The normalized spacial score (nSPS) is 10.8. The van der Waals surface area contributed by atoms with Crippen molar-refractivity contribution in [2.75, 3.05) is 5.73 Å². The molecular formula is C13H10N2S. The fraction of sp³-hybridized carbons (Fsp3) is 0. The average molecular weight is 226 g/mol. The molecule has 1 aromatic heterocycles. The molecule has 0 atom stereocenters. The molecule has 0 spiro atoms. The lowest BCUT2D eigenvalue weighted by Crippen LogP contribution is -1.89. The maximum absolute atomic E-state index is 6.06. The molecule has 3 aromatic rings. The van der Waals surface area contributed by atoms with Gasteiger partial charge >= 0.3 is 0 Å². The minimum absolute atomic E-state index is 0.808. The van der Waals surface area contributed by atoms with Gasteiger partial charge in [0.05, 0.1) is 4.88 Å². The van der Waals surface area contributed by atoms with Crippen LogP contribution >= 0.6 is 11.5 Å². The lowest BCUT2D eigenvalue weighted by molar-refractivity contribution is 1.58. The second kappa shape index (κ2) is 3.61. The molecule has 0 unspecified atom stereocenters. The maximum atomic E-state index is 6.06. The Labute approximate surface area is 97.5 Å². The molecule has 2 aromatic carbocycles. The van der Waals surface area contributed by atoms with Gasteiger partial charge in [0.15, 0.2) is 0 Å². The van der Waals surface area contributed by atoms with Gasteiger partial charge in [0.25, 0.3) is 0 Å². The number of anilines is 1.